The van der Waals surface area contributed by atoms with E-state index in [1.807, 2.05) is 0 Å². The Hall–Kier alpha value is -2.90. The van der Waals surface area contributed by atoms with E-state index in [1.165, 1.54) is 43.7 Å². The number of benzene rings is 1. The molecule has 6 nitrogen and oxygen atoms in total. The molecule has 0 aliphatic rings. The van der Waals surface area contributed by atoms with Gasteiger partial charge >= 0.3 is 18.6 Å². The monoisotopic (exact) mass is 326 g/mol. The predicted octanol–water partition coefficient (Wildman–Crippen LogP) is 3.02. The molecule has 8 heteroatoms. The van der Waals surface area contributed by atoms with Crippen LogP contribution in [0.15, 0.2) is 41.0 Å². The van der Waals surface area contributed by atoms with Crippen LogP contribution in [-0.4, -0.2) is 25.7 Å². The van der Waals surface area contributed by atoms with Crippen molar-refractivity contribution in [2.24, 2.45) is 0 Å². The number of carbonyl (C=O) groups is 2. The number of furan rings is 1. The predicted molar refractivity (Wildman–Crippen MR) is 72.2 cm³/mol. The first-order chi connectivity index (χ1) is 11.0. The van der Waals surface area contributed by atoms with Gasteiger partial charge in [-0.05, 0) is 18.2 Å². The first-order valence-electron chi connectivity index (χ1n) is 6.38. The summed E-state index contributed by atoms with van der Waals surface area (Å²) in [5, 5.41) is 0. The van der Waals surface area contributed by atoms with Gasteiger partial charge in [-0.1, -0.05) is 12.1 Å². The molecule has 2 rings (SSSR count). The highest BCUT2D eigenvalue weighted by molar-refractivity contribution is 5.92. The van der Waals surface area contributed by atoms with E-state index in [-0.39, 0.29) is 29.2 Å². The van der Waals surface area contributed by atoms with Crippen molar-refractivity contribution in [1.29, 1.82) is 0 Å². The van der Waals surface area contributed by atoms with Crippen molar-refractivity contribution in [3.8, 4) is 5.75 Å². The van der Waals surface area contributed by atoms with E-state index in [1.54, 1.807) is 0 Å². The van der Waals surface area contributed by atoms with Crippen molar-refractivity contribution in [3.05, 3.63) is 53.5 Å². The summed E-state index contributed by atoms with van der Waals surface area (Å²) in [5.41, 5.74) is 0.133. The molecule has 23 heavy (non-hydrogen) atoms. The zero-order chi connectivity index (χ0) is 16.8. The number of ether oxygens (including phenoxy) is 3. The van der Waals surface area contributed by atoms with Gasteiger partial charge < -0.3 is 18.6 Å². The quantitative estimate of drug-likeness (QED) is 0.760. The largest absolute Gasteiger partial charge is 0.463 e. The molecule has 0 fully saturated rings. The Labute approximate surface area is 129 Å². The fraction of sp³-hybridized carbons (Fsp3) is 0.200. The maximum absolute atomic E-state index is 12.3. The fourth-order valence-electron chi connectivity index (χ4n) is 1.78. The summed E-state index contributed by atoms with van der Waals surface area (Å²) >= 11 is 0. The summed E-state index contributed by atoms with van der Waals surface area (Å²) in [4.78, 5) is 23.4. The lowest BCUT2D eigenvalue weighted by molar-refractivity contribution is -0.0505. The molecule has 2 aromatic rings. The van der Waals surface area contributed by atoms with Crippen LogP contribution < -0.4 is 4.74 Å². The van der Waals surface area contributed by atoms with Crippen LogP contribution in [0, 0.1) is 0 Å². The van der Waals surface area contributed by atoms with Crippen LogP contribution in [0.3, 0.4) is 0 Å². The fourth-order valence-corrected chi connectivity index (χ4v) is 1.78. The number of para-hydroxylation sites is 1. The highest BCUT2D eigenvalue weighted by Crippen LogP contribution is 2.22. The first-order valence-corrected chi connectivity index (χ1v) is 6.38. The SMILES string of the molecule is COC(=O)c1occc1COC(=O)c1ccccc1OC(F)F. The lowest BCUT2D eigenvalue weighted by Crippen LogP contribution is -2.11. The van der Waals surface area contributed by atoms with Crippen LogP contribution in [0.4, 0.5) is 8.78 Å². The van der Waals surface area contributed by atoms with Crippen molar-refractivity contribution in [2.45, 2.75) is 13.2 Å². The summed E-state index contributed by atoms with van der Waals surface area (Å²) < 4.78 is 43.3. The summed E-state index contributed by atoms with van der Waals surface area (Å²) in [5.74, 6) is -1.99. The van der Waals surface area contributed by atoms with Gasteiger partial charge in [0, 0.05) is 5.56 Å². The van der Waals surface area contributed by atoms with Crippen molar-refractivity contribution in [1.82, 2.24) is 0 Å². The van der Waals surface area contributed by atoms with Crippen molar-refractivity contribution >= 4 is 11.9 Å². The molecule has 0 saturated carbocycles. The number of esters is 2. The Balaban J connectivity index is 2.09. The Kier molecular flexibility index (Phi) is 5.29. The van der Waals surface area contributed by atoms with Gasteiger partial charge in [0.15, 0.2) is 0 Å². The topological polar surface area (TPSA) is 75.0 Å². The Morgan fingerprint density at radius 3 is 2.61 bits per heavy atom. The van der Waals surface area contributed by atoms with Crippen LogP contribution in [0.25, 0.3) is 0 Å². The molecule has 1 aromatic carbocycles. The van der Waals surface area contributed by atoms with E-state index in [0.717, 1.165) is 0 Å². The number of rotatable bonds is 6. The Bertz CT molecular complexity index is 695. The molecule has 0 amide bonds. The second-order valence-corrected chi connectivity index (χ2v) is 4.22. The number of hydrogen-bond donors (Lipinski definition) is 0. The number of halogens is 2. The van der Waals surface area contributed by atoms with Crippen LogP contribution in [0.5, 0.6) is 5.75 Å². The van der Waals surface area contributed by atoms with E-state index >= 15 is 0 Å². The Morgan fingerprint density at radius 2 is 1.91 bits per heavy atom. The highest BCUT2D eigenvalue weighted by Gasteiger charge is 2.20. The van der Waals surface area contributed by atoms with Crippen molar-refractivity contribution < 1.29 is 37.0 Å². The molecular weight excluding hydrogens is 314 g/mol. The number of carbonyl (C=O) groups excluding carboxylic acids is 2. The van der Waals surface area contributed by atoms with Gasteiger partial charge in [-0.2, -0.15) is 8.78 Å². The maximum atomic E-state index is 12.3. The molecule has 0 N–H and O–H groups in total. The lowest BCUT2D eigenvalue weighted by Gasteiger charge is -2.10. The molecular formula is C15H12F2O6. The van der Waals surface area contributed by atoms with Crippen LogP contribution in [-0.2, 0) is 16.1 Å². The van der Waals surface area contributed by atoms with Gasteiger partial charge in [0.25, 0.3) is 0 Å². The van der Waals surface area contributed by atoms with Gasteiger partial charge in [-0.3, -0.25) is 0 Å². The second kappa shape index (κ2) is 7.39. The average molecular weight is 326 g/mol. The summed E-state index contributed by atoms with van der Waals surface area (Å²) in [6, 6.07) is 6.87. The summed E-state index contributed by atoms with van der Waals surface area (Å²) in [6.07, 6.45) is 1.24. The minimum Gasteiger partial charge on any atom is -0.463 e. The number of methoxy groups -OCH3 is 1. The van der Waals surface area contributed by atoms with Crippen LogP contribution >= 0.6 is 0 Å². The smallest absolute Gasteiger partial charge is 0.387 e. The molecule has 0 atom stereocenters. The third-order valence-corrected chi connectivity index (χ3v) is 2.80. The molecule has 122 valence electrons. The molecule has 0 spiro atoms. The molecule has 1 heterocycles. The van der Waals surface area contributed by atoms with Gasteiger partial charge in [0.2, 0.25) is 5.76 Å². The standard InChI is InChI=1S/C15H12F2O6/c1-20-14(19)12-9(6-7-21-12)8-22-13(18)10-4-2-3-5-11(10)23-15(16)17/h2-7,15H,8H2,1H3. The average Bonchev–Trinajstić information content (AvgIpc) is 3.00. The molecule has 0 saturated heterocycles. The minimum absolute atomic E-state index is 0.0996. The maximum Gasteiger partial charge on any atom is 0.387 e. The van der Waals surface area contributed by atoms with Crippen molar-refractivity contribution in [3.63, 3.8) is 0 Å². The van der Waals surface area contributed by atoms with E-state index < -0.39 is 18.6 Å². The molecule has 1 aromatic heterocycles. The van der Waals surface area contributed by atoms with Gasteiger partial charge in [0.1, 0.15) is 17.9 Å². The van der Waals surface area contributed by atoms with Gasteiger partial charge in [-0.25, -0.2) is 9.59 Å². The zero-order valence-corrected chi connectivity index (χ0v) is 12.0. The third kappa shape index (κ3) is 4.06. The van der Waals surface area contributed by atoms with E-state index in [0.29, 0.717) is 0 Å². The van der Waals surface area contributed by atoms with Gasteiger partial charge in [0.05, 0.1) is 13.4 Å². The summed E-state index contributed by atoms with van der Waals surface area (Å²) in [6.45, 7) is -3.35. The zero-order valence-electron chi connectivity index (χ0n) is 12.0. The molecule has 0 bridgehead atoms. The van der Waals surface area contributed by atoms with Crippen LogP contribution in [0.1, 0.15) is 26.5 Å². The van der Waals surface area contributed by atoms with E-state index in [2.05, 4.69) is 9.47 Å². The second-order valence-electron chi connectivity index (χ2n) is 4.22. The van der Waals surface area contributed by atoms with Crippen molar-refractivity contribution in [2.75, 3.05) is 7.11 Å². The Morgan fingerprint density at radius 1 is 1.17 bits per heavy atom. The normalized spacial score (nSPS) is 10.4. The molecule has 0 unspecified atom stereocenters. The summed E-state index contributed by atoms with van der Waals surface area (Å²) in [7, 11) is 1.18. The third-order valence-electron chi connectivity index (χ3n) is 2.80. The molecule has 0 aliphatic heterocycles. The lowest BCUT2D eigenvalue weighted by atomic mass is 10.2. The minimum atomic E-state index is -3.07. The van der Waals surface area contributed by atoms with E-state index in [9.17, 15) is 18.4 Å². The highest BCUT2D eigenvalue weighted by atomic mass is 19.3. The number of hydrogen-bond acceptors (Lipinski definition) is 6. The van der Waals surface area contributed by atoms with Crippen LogP contribution in [0.2, 0.25) is 0 Å². The molecule has 0 radical (unpaired) electrons. The number of alkyl halides is 2. The molecule has 0 aliphatic carbocycles. The first kappa shape index (κ1) is 16.5. The van der Waals surface area contributed by atoms with Gasteiger partial charge in [-0.15, -0.1) is 0 Å². The van der Waals surface area contributed by atoms with E-state index in [4.69, 9.17) is 9.15 Å².